The molecule has 2 aromatic rings. The number of carbonyl (C=O) groups is 1. The molecule has 1 heterocycles. The number of carbonyl (C=O) groups excluding carboxylic acids is 1. The Balaban J connectivity index is 2.15. The van der Waals surface area contributed by atoms with Crippen LogP contribution in [-0.4, -0.2) is 19.7 Å². The molecule has 0 saturated carbocycles. The van der Waals surface area contributed by atoms with Crippen molar-refractivity contribution in [1.82, 2.24) is 0 Å². The number of hydrogen-bond acceptors (Lipinski definition) is 7. The maximum atomic E-state index is 10.6. The molecule has 0 bridgehead atoms. The number of pyridine rings is 1. The zero-order valence-corrected chi connectivity index (χ0v) is 16.6. The molecular weight excluding hydrogens is 384 g/mol. The van der Waals surface area contributed by atoms with Crippen molar-refractivity contribution in [3.63, 3.8) is 0 Å². The van der Waals surface area contributed by atoms with Gasteiger partial charge in [-0.05, 0) is 54.3 Å². The van der Waals surface area contributed by atoms with Gasteiger partial charge in [0.2, 0.25) is 0 Å². The summed E-state index contributed by atoms with van der Waals surface area (Å²) in [5.41, 5.74) is 11.0. The topological polar surface area (TPSA) is 146 Å². The number of carboxylic acid groups (broad SMARTS) is 1. The SMILES string of the molecule is COc1cc(/C=C2\C(C)=C(C#N)c3[nH+]c(N)c(C#N)c(C)c32)ccc1OCC(=O)[O-]. The number of fused-ring (bicyclic) bond motifs is 1. The van der Waals surface area contributed by atoms with E-state index < -0.39 is 12.6 Å². The van der Waals surface area contributed by atoms with Gasteiger partial charge in [0.25, 0.3) is 5.82 Å². The van der Waals surface area contributed by atoms with Gasteiger partial charge in [-0.15, -0.1) is 0 Å². The molecule has 8 heteroatoms. The van der Waals surface area contributed by atoms with Crippen LogP contribution < -0.4 is 25.3 Å². The average Bonchev–Trinajstić information content (AvgIpc) is 2.97. The Bertz CT molecular complexity index is 1210. The zero-order chi connectivity index (χ0) is 22.0. The van der Waals surface area contributed by atoms with Crippen molar-refractivity contribution >= 4 is 29.0 Å². The minimum absolute atomic E-state index is 0.214. The number of methoxy groups -OCH3 is 1. The van der Waals surface area contributed by atoms with E-state index in [0.29, 0.717) is 28.1 Å². The monoisotopic (exact) mass is 402 g/mol. The first-order valence-corrected chi connectivity index (χ1v) is 8.92. The number of aromatic amines is 1. The number of rotatable bonds is 5. The third-order valence-electron chi connectivity index (χ3n) is 4.90. The number of allylic oxidation sites excluding steroid dienone is 3. The molecule has 1 aliphatic rings. The van der Waals surface area contributed by atoms with Crippen molar-refractivity contribution in [2.24, 2.45) is 0 Å². The summed E-state index contributed by atoms with van der Waals surface area (Å²) in [7, 11) is 1.45. The van der Waals surface area contributed by atoms with Gasteiger partial charge in [0, 0.05) is 5.56 Å². The average molecular weight is 402 g/mol. The predicted octanol–water partition coefficient (Wildman–Crippen LogP) is 1.25. The number of hydrogen-bond donors (Lipinski definition) is 1. The standard InChI is InChI=1S/C22H18N4O4/c1-11-14(6-13-4-5-17(18(7-13)29-3)30-10-19(27)28)20-12(2)16(9-24)22(25)26-21(20)15(11)8-23/h4-7H,10H2,1-3H3,(H2,25,26)(H,27,28)/b14-6+. The summed E-state index contributed by atoms with van der Waals surface area (Å²) in [4.78, 5) is 13.6. The number of carboxylic acids is 1. The Morgan fingerprint density at radius 3 is 2.60 bits per heavy atom. The summed E-state index contributed by atoms with van der Waals surface area (Å²) in [6.07, 6.45) is 1.86. The van der Waals surface area contributed by atoms with E-state index in [4.69, 9.17) is 15.2 Å². The lowest BCUT2D eigenvalue weighted by Gasteiger charge is -2.12. The number of nitriles is 2. The molecule has 8 nitrogen and oxygen atoms in total. The van der Waals surface area contributed by atoms with Crippen molar-refractivity contribution in [1.29, 1.82) is 10.5 Å². The van der Waals surface area contributed by atoms with Crippen LogP contribution in [-0.2, 0) is 4.79 Å². The molecule has 30 heavy (non-hydrogen) atoms. The highest BCUT2D eigenvalue weighted by Crippen LogP contribution is 2.43. The highest BCUT2D eigenvalue weighted by Gasteiger charge is 2.32. The Hall–Kier alpha value is -4.30. The number of nitrogen functional groups attached to an aromatic ring is 1. The summed E-state index contributed by atoms with van der Waals surface area (Å²) >= 11 is 0. The molecule has 0 atom stereocenters. The lowest BCUT2D eigenvalue weighted by atomic mass is 9.95. The summed E-state index contributed by atoms with van der Waals surface area (Å²) in [5, 5.41) is 29.7. The van der Waals surface area contributed by atoms with Crippen molar-refractivity contribution in [2.45, 2.75) is 13.8 Å². The van der Waals surface area contributed by atoms with Crippen LogP contribution in [0.15, 0.2) is 23.8 Å². The second kappa shape index (κ2) is 7.98. The number of aromatic nitrogens is 1. The molecule has 0 amide bonds. The molecule has 0 saturated heterocycles. The first kappa shape index (κ1) is 20.4. The first-order valence-electron chi connectivity index (χ1n) is 8.92. The Morgan fingerprint density at radius 1 is 1.27 bits per heavy atom. The largest absolute Gasteiger partial charge is 0.546 e. The fourth-order valence-corrected chi connectivity index (χ4v) is 3.47. The van der Waals surface area contributed by atoms with E-state index >= 15 is 0 Å². The highest BCUT2D eigenvalue weighted by molar-refractivity contribution is 6.07. The van der Waals surface area contributed by atoms with Crippen LogP contribution >= 0.6 is 0 Å². The number of H-pyrrole nitrogens is 1. The molecule has 3 rings (SSSR count). The number of benzene rings is 1. The Labute approximate surface area is 173 Å². The molecule has 0 radical (unpaired) electrons. The van der Waals surface area contributed by atoms with E-state index in [1.54, 1.807) is 25.1 Å². The Kier molecular flexibility index (Phi) is 5.43. The molecule has 1 aliphatic carbocycles. The first-order chi connectivity index (χ1) is 14.3. The number of aliphatic carboxylic acids is 1. The molecule has 1 aromatic heterocycles. The second-order valence-corrected chi connectivity index (χ2v) is 6.64. The van der Waals surface area contributed by atoms with E-state index in [0.717, 1.165) is 22.3 Å². The van der Waals surface area contributed by atoms with Gasteiger partial charge >= 0.3 is 0 Å². The number of ether oxygens (including phenoxy) is 2. The van der Waals surface area contributed by atoms with Gasteiger partial charge in [-0.25, -0.2) is 4.98 Å². The van der Waals surface area contributed by atoms with E-state index in [-0.39, 0.29) is 11.6 Å². The van der Waals surface area contributed by atoms with Gasteiger partial charge in [0.1, 0.15) is 29.9 Å². The number of nitrogens with one attached hydrogen (secondary N) is 1. The molecule has 150 valence electrons. The van der Waals surface area contributed by atoms with Gasteiger partial charge in [0.05, 0.1) is 13.1 Å². The van der Waals surface area contributed by atoms with Gasteiger partial charge in [0.15, 0.2) is 17.2 Å². The summed E-state index contributed by atoms with van der Waals surface area (Å²) in [6, 6.07) is 9.32. The van der Waals surface area contributed by atoms with E-state index in [9.17, 15) is 20.4 Å². The quantitative estimate of drug-likeness (QED) is 0.791. The van der Waals surface area contributed by atoms with E-state index in [2.05, 4.69) is 17.1 Å². The molecule has 0 spiro atoms. The molecular formula is C22H18N4O4. The molecule has 0 unspecified atom stereocenters. The molecule has 0 fully saturated rings. The predicted molar refractivity (Wildman–Crippen MR) is 106 cm³/mol. The van der Waals surface area contributed by atoms with Crippen LogP contribution in [0.1, 0.15) is 34.9 Å². The van der Waals surface area contributed by atoms with Crippen molar-refractivity contribution in [3.05, 3.63) is 51.7 Å². The third-order valence-corrected chi connectivity index (χ3v) is 4.90. The van der Waals surface area contributed by atoms with Crippen LogP contribution in [0.25, 0.3) is 17.2 Å². The van der Waals surface area contributed by atoms with E-state index in [1.807, 2.05) is 13.0 Å². The number of anilines is 1. The molecule has 3 N–H and O–H groups in total. The van der Waals surface area contributed by atoms with Crippen molar-refractivity contribution in [2.75, 3.05) is 19.5 Å². The lowest BCUT2D eigenvalue weighted by molar-refractivity contribution is -0.364. The van der Waals surface area contributed by atoms with Gasteiger partial charge in [-0.3, -0.25) is 5.73 Å². The second-order valence-electron chi connectivity index (χ2n) is 6.64. The van der Waals surface area contributed by atoms with Gasteiger partial charge in [-0.1, -0.05) is 6.07 Å². The maximum Gasteiger partial charge on any atom is 0.289 e. The lowest BCUT2D eigenvalue weighted by Crippen LogP contribution is -2.29. The fraction of sp³-hybridized carbons (Fsp3) is 0.182. The minimum Gasteiger partial charge on any atom is -0.546 e. The summed E-state index contributed by atoms with van der Waals surface area (Å²) in [6.45, 7) is 3.03. The Morgan fingerprint density at radius 2 is 2.00 bits per heavy atom. The molecule has 0 aliphatic heterocycles. The third kappa shape index (κ3) is 3.43. The van der Waals surface area contributed by atoms with Crippen molar-refractivity contribution < 1.29 is 24.4 Å². The number of nitrogens with zero attached hydrogens (tertiary/aromatic N) is 2. The summed E-state index contributed by atoms with van der Waals surface area (Å²) in [5.74, 6) is -0.504. The summed E-state index contributed by atoms with van der Waals surface area (Å²) < 4.78 is 10.5. The van der Waals surface area contributed by atoms with Crippen LogP contribution in [0.2, 0.25) is 0 Å². The van der Waals surface area contributed by atoms with Crippen LogP contribution in [0.3, 0.4) is 0 Å². The minimum atomic E-state index is -1.34. The van der Waals surface area contributed by atoms with Crippen LogP contribution in [0.4, 0.5) is 5.82 Å². The normalized spacial score (nSPS) is 13.6. The molecule has 1 aromatic carbocycles. The van der Waals surface area contributed by atoms with Gasteiger partial charge < -0.3 is 19.4 Å². The van der Waals surface area contributed by atoms with Crippen LogP contribution in [0.5, 0.6) is 11.5 Å². The highest BCUT2D eigenvalue weighted by atomic mass is 16.5. The van der Waals surface area contributed by atoms with E-state index in [1.165, 1.54) is 7.11 Å². The number of nitrogens with two attached hydrogens (primary N) is 1. The van der Waals surface area contributed by atoms with Crippen LogP contribution in [0, 0.1) is 29.6 Å². The zero-order valence-electron chi connectivity index (χ0n) is 16.6. The maximum absolute atomic E-state index is 10.6. The van der Waals surface area contributed by atoms with Gasteiger partial charge in [-0.2, -0.15) is 10.5 Å². The fourth-order valence-electron chi connectivity index (χ4n) is 3.47. The smallest absolute Gasteiger partial charge is 0.289 e. The van der Waals surface area contributed by atoms with Crippen molar-refractivity contribution in [3.8, 4) is 23.6 Å².